The molecule has 0 saturated carbocycles. The Morgan fingerprint density at radius 1 is 1.14 bits per heavy atom. The first-order valence-electron chi connectivity index (χ1n) is 7.73. The number of unbranched alkanes of at least 4 members (excludes halogenated alkanes) is 2. The molecule has 0 radical (unpaired) electrons. The minimum atomic E-state index is -4.36. The molecule has 0 N–H and O–H groups in total. The molecule has 1 aliphatic rings. The van der Waals surface area contributed by atoms with E-state index in [0.717, 1.165) is 25.7 Å². The summed E-state index contributed by atoms with van der Waals surface area (Å²) < 4.78 is 45.6. The fourth-order valence-electron chi connectivity index (χ4n) is 2.50. The summed E-state index contributed by atoms with van der Waals surface area (Å²) in [5, 5.41) is 0. The van der Waals surface area contributed by atoms with Crippen LogP contribution in [0.3, 0.4) is 0 Å². The highest BCUT2D eigenvalue weighted by Crippen LogP contribution is 2.39. The summed E-state index contributed by atoms with van der Waals surface area (Å²) in [6.07, 6.45) is 0.785. The maximum absolute atomic E-state index is 13.4. The van der Waals surface area contributed by atoms with E-state index in [4.69, 9.17) is 4.74 Å². The van der Waals surface area contributed by atoms with Gasteiger partial charge in [0.25, 0.3) is 0 Å². The van der Waals surface area contributed by atoms with Gasteiger partial charge in [-0.05, 0) is 25.8 Å². The molecule has 21 heavy (non-hydrogen) atoms. The number of rotatable bonds is 7. The van der Waals surface area contributed by atoms with Gasteiger partial charge in [-0.1, -0.05) is 33.6 Å². The van der Waals surface area contributed by atoms with Gasteiger partial charge in [-0.25, -0.2) is 0 Å². The molecule has 0 amide bonds. The van der Waals surface area contributed by atoms with Gasteiger partial charge in [0.05, 0.1) is 11.3 Å². The van der Waals surface area contributed by atoms with Gasteiger partial charge in [0.15, 0.2) is 0 Å². The summed E-state index contributed by atoms with van der Waals surface area (Å²) in [6, 6.07) is 0. The van der Waals surface area contributed by atoms with Crippen molar-refractivity contribution in [3.05, 3.63) is 23.3 Å². The molecule has 2 nitrogen and oxygen atoms in total. The second-order valence-electron chi connectivity index (χ2n) is 5.58. The van der Waals surface area contributed by atoms with Gasteiger partial charge in [-0.15, -0.1) is 0 Å². The third-order valence-electron chi connectivity index (χ3n) is 3.58. The van der Waals surface area contributed by atoms with Crippen LogP contribution in [0.2, 0.25) is 0 Å². The Kier molecular flexibility index (Phi) is 6.62. The van der Waals surface area contributed by atoms with Gasteiger partial charge in [0.1, 0.15) is 0 Å². The number of nitrogens with zero attached hydrogens (tertiary/aromatic N) is 1. The van der Waals surface area contributed by atoms with Crippen molar-refractivity contribution >= 4 is 0 Å². The van der Waals surface area contributed by atoms with E-state index in [1.807, 2.05) is 13.8 Å². The molecule has 5 heteroatoms. The molecule has 0 aliphatic carbocycles. The molecule has 0 spiro atoms. The maximum atomic E-state index is 13.4. The molecule has 0 aromatic rings. The molecule has 0 saturated heterocycles. The number of hydrogen-bond donors (Lipinski definition) is 0. The summed E-state index contributed by atoms with van der Waals surface area (Å²) >= 11 is 0. The lowest BCUT2D eigenvalue weighted by Crippen LogP contribution is -2.34. The van der Waals surface area contributed by atoms with Gasteiger partial charge < -0.3 is 9.64 Å². The average molecular weight is 305 g/mol. The van der Waals surface area contributed by atoms with Crippen LogP contribution in [0.15, 0.2) is 23.3 Å². The summed E-state index contributed by atoms with van der Waals surface area (Å²) in [5.41, 5.74) is -0.555. The molecular formula is C16H26F3NO. The van der Waals surface area contributed by atoms with E-state index in [-0.39, 0.29) is 5.88 Å². The Balaban J connectivity index is 3.12. The molecule has 1 heterocycles. The van der Waals surface area contributed by atoms with Crippen molar-refractivity contribution in [1.29, 1.82) is 0 Å². The minimum absolute atomic E-state index is 0.0110. The van der Waals surface area contributed by atoms with E-state index in [2.05, 4.69) is 0 Å². The number of ether oxygens (including phenoxy) is 1. The molecule has 0 bridgehead atoms. The Morgan fingerprint density at radius 2 is 1.67 bits per heavy atom. The topological polar surface area (TPSA) is 12.5 Å². The van der Waals surface area contributed by atoms with Gasteiger partial charge in [-0.3, -0.25) is 0 Å². The van der Waals surface area contributed by atoms with E-state index in [1.54, 1.807) is 18.7 Å². The van der Waals surface area contributed by atoms with Crippen molar-refractivity contribution < 1.29 is 17.9 Å². The standard InChI is InChI=1S/C16H26F3NO/c1-5-7-9-20(10-8-6-2)15-14(16(17,18)19)12(3)11-13(4)21-15/h11-12H,5-10H2,1-4H3. The first kappa shape index (κ1) is 17.9. The Labute approximate surface area is 125 Å². The van der Waals surface area contributed by atoms with Crippen LogP contribution in [-0.2, 0) is 4.74 Å². The van der Waals surface area contributed by atoms with Gasteiger partial charge in [-0.2, -0.15) is 13.2 Å². The molecule has 1 unspecified atom stereocenters. The number of alkyl halides is 3. The fourth-order valence-corrected chi connectivity index (χ4v) is 2.50. The predicted octanol–water partition coefficient (Wildman–Crippen LogP) is 5.23. The van der Waals surface area contributed by atoms with E-state index in [1.165, 1.54) is 6.08 Å². The highest BCUT2D eigenvalue weighted by Gasteiger charge is 2.43. The van der Waals surface area contributed by atoms with E-state index >= 15 is 0 Å². The van der Waals surface area contributed by atoms with Crippen molar-refractivity contribution in [2.75, 3.05) is 13.1 Å². The monoisotopic (exact) mass is 305 g/mol. The SMILES string of the molecule is CCCCN(CCCC)C1=C(C(F)(F)F)C(C)C=C(C)O1. The van der Waals surface area contributed by atoms with Gasteiger partial charge in [0, 0.05) is 19.0 Å². The van der Waals surface area contributed by atoms with Crippen molar-refractivity contribution in [3.8, 4) is 0 Å². The van der Waals surface area contributed by atoms with Crippen LogP contribution in [0, 0.1) is 5.92 Å². The average Bonchev–Trinajstić information content (AvgIpc) is 2.36. The smallest absolute Gasteiger partial charge is 0.418 e. The third kappa shape index (κ3) is 4.97. The van der Waals surface area contributed by atoms with Crippen LogP contribution < -0.4 is 0 Å². The molecule has 0 fully saturated rings. The first-order chi connectivity index (χ1) is 9.81. The van der Waals surface area contributed by atoms with Gasteiger partial charge in [0.2, 0.25) is 5.88 Å². The summed E-state index contributed by atoms with van der Waals surface area (Å²) in [5.74, 6) is -0.111. The number of halogens is 3. The zero-order valence-electron chi connectivity index (χ0n) is 13.4. The second-order valence-corrected chi connectivity index (χ2v) is 5.58. The van der Waals surface area contributed by atoms with Crippen LogP contribution in [0.5, 0.6) is 0 Å². The first-order valence-corrected chi connectivity index (χ1v) is 7.73. The summed E-state index contributed by atoms with van der Waals surface area (Å²) in [7, 11) is 0. The van der Waals surface area contributed by atoms with Crippen LogP contribution in [0.4, 0.5) is 13.2 Å². The molecule has 0 aromatic heterocycles. The van der Waals surface area contributed by atoms with E-state index in [9.17, 15) is 13.2 Å². The molecule has 122 valence electrons. The Morgan fingerprint density at radius 3 is 2.10 bits per heavy atom. The molecule has 1 atom stereocenters. The highest BCUT2D eigenvalue weighted by molar-refractivity contribution is 5.26. The van der Waals surface area contributed by atoms with Crippen molar-refractivity contribution in [1.82, 2.24) is 4.90 Å². The molecule has 0 aromatic carbocycles. The number of allylic oxidation sites excluding steroid dienone is 3. The lowest BCUT2D eigenvalue weighted by atomic mass is 9.97. The number of hydrogen-bond acceptors (Lipinski definition) is 2. The predicted molar refractivity (Wildman–Crippen MR) is 78.5 cm³/mol. The van der Waals surface area contributed by atoms with E-state index in [0.29, 0.717) is 18.8 Å². The highest BCUT2D eigenvalue weighted by atomic mass is 19.4. The van der Waals surface area contributed by atoms with Gasteiger partial charge >= 0.3 is 6.18 Å². The Hall–Kier alpha value is -1.13. The summed E-state index contributed by atoms with van der Waals surface area (Å²) in [4.78, 5) is 1.77. The van der Waals surface area contributed by atoms with Crippen molar-refractivity contribution in [2.45, 2.75) is 59.6 Å². The van der Waals surface area contributed by atoms with Crippen molar-refractivity contribution in [3.63, 3.8) is 0 Å². The normalized spacial score (nSPS) is 19.4. The zero-order valence-corrected chi connectivity index (χ0v) is 13.4. The van der Waals surface area contributed by atoms with Crippen LogP contribution in [-0.4, -0.2) is 24.2 Å². The summed E-state index contributed by atoms with van der Waals surface area (Å²) in [6.45, 7) is 8.56. The third-order valence-corrected chi connectivity index (χ3v) is 3.58. The molecule has 1 rings (SSSR count). The van der Waals surface area contributed by atoms with Crippen molar-refractivity contribution in [2.24, 2.45) is 5.92 Å². The van der Waals surface area contributed by atoms with Crippen LogP contribution in [0.25, 0.3) is 0 Å². The fraction of sp³-hybridized carbons (Fsp3) is 0.750. The largest absolute Gasteiger partial charge is 0.446 e. The van der Waals surface area contributed by atoms with Crippen LogP contribution >= 0.6 is 0 Å². The Bertz CT molecular complexity index is 391. The van der Waals surface area contributed by atoms with E-state index < -0.39 is 17.7 Å². The second kappa shape index (κ2) is 7.76. The molecule has 1 aliphatic heterocycles. The molecular weight excluding hydrogens is 279 g/mol. The quantitative estimate of drug-likeness (QED) is 0.638. The zero-order chi connectivity index (χ0) is 16.0. The maximum Gasteiger partial charge on any atom is 0.418 e. The minimum Gasteiger partial charge on any atom is -0.446 e. The lowest BCUT2D eigenvalue weighted by molar-refractivity contribution is -0.104. The van der Waals surface area contributed by atoms with Crippen LogP contribution in [0.1, 0.15) is 53.4 Å². The lowest BCUT2D eigenvalue weighted by Gasteiger charge is -2.34.